The van der Waals surface area contributed by atoms with Crippen LogP contribution in [0.4, 0.5) is 0 Å². The highest BCUT2D eigenvalue weighted by molar-refractivity contribution is 7.09. The summed E-state index contributed by atoms with van der Waals surface area (Å²) in [6, 6.07) is 0. The van der Waals surface area contributed by atoms with E-state index in [0.717, 1.165) is 24.3 Å². The summed E-state index contributed by atoms with van der Waals surface area (Å²) in [5.41, 5.74) is 6.05. The van der Waals surface area contributed by atoms with E-state index < -0.39 is 0 Å². The molecule has 1 aliphatic carbocycles. The molecule has 1 aromatic rings. The summed E-state index contributed by atoms with van der Waals surface area (Å²) < 4.78 is 0. The van der Waals surface area contributed by atoms with Crippen LogP contribution in [0.2, 0.25) is 0 Å². The second kappa shape index (κ2) is 7.15. The van der Waals surface area contributed by atoms with Crippen molar-refractivity contribution in [2.24, 2.45) is 11.1 Å². The van der Waals surface area contributed by atoms with E-state index in [2.05, 4.69) is 10.3 Å². The van der Waals surface area contributed by atoms with Crippen LogP contribution in [0.3, 0.4) is 0 Å². The molecule has 112 valence electrons. The van der Waals surface area contributed by atoms with Gasteiger partial charge in [0.25, 0.3) is 5.91 Å². The summed E-state index contributed by atoms with van der Waals surface area (Å²) in [6.45, 7) is 1.37. The Morgan fingerprint density at radius 2 is 2.25 bits per heavy atom. The van der Waals surface area contributed by atoms with E-state index in [9.17, 15) is 9.90 Å². The van der Waals surface area contributed by atoms with Gasteiger partial charge in [0.2, 0.25) is 0 Å². The molecule has 1 amide bonds. The summed E-state index contributed by atoms with van der Waals surface area (Å²) in [5, 5.41) is 14.9. The summed E-state index contributed by atoms with van der Waals surface area (Å²) in [7, 11) is 0. The molecule has 0 radical (unpaired) electrons. The molecule has 0 spiro atoms. The minimum absolute atomic E-state index is 0.0838. The minimum Gasteiger partial charge on any atom is -0.396 e. The van der Waals surface area contributed by atoms with Gasteiger partial charge in [-0.2, -0.15) is 0 Å². The summed E-state index contributed by atoms with van der Waals surface area (Å²) in [6.07, 6.45) is 6.03. The molecule has 0 bridgehead atoms. The van der Waals surface area contributed by atoms with Crippen molar-refractivity contribution < 1.29 is 9.90 Å². The number of aliphatic hydroxyl groups excluding tert-OH is 1. The lowest BCUT2D eigenvalue weighted by atomic mass is 9.83. The van der Waals surface area contributed by atoms with Gasteiger partial charge in [0, 0.05) is 25.0 Å². The smallest absolute Gasteiger partial charge is 0.270 e. The molecule has 0 atom stereocenters. The average molecular weight is 297 g/mol. The highest BCUT2D eigenvalue weighted by Crippen LogP contribution is 2.40. The fourth-order valence-electron chi connectivity index (χ4n) is 2.89. The number of aliphatic hydroxyl groups is 1. The van der Waals surface area contributed by atoms with Gasteiger partial charge in [0.1, 0.15) is 5.69 Å². The van der Waals surface area contributed by atoms with Crippen molar-refractivity contribution in [1.82, 2.24) is 10.3 Å². The monoisotopic (exact) mass is 297 g/mol. The van der Waals surface area contributed by atoms with Crippen molar-refractivity contribution >= 4 is 17.2 Å². The number of carbonyl (C=O) groups is 1. The zero-order valence-electron chi connectivity index (χ0n) is 11.7. The lowest BCUT2D eigenvalue weighted by Crippen LogP contribution is -2.36. The number of hydrogen-bond acceptors (Lipinski definition) is 5. The van der Waals surface area contributed by atoms with Gasteiger partial charge in [-0.05, 0) is 31.2 Å². The first-order valence-electron chi connectivity index (χ1n) is 7.23. The summed E-state index contributed by atoms with van der Waals surface area (Å²) in [4.78, 5) is 16.4. The van der Waals surface area contributed by atoms with Gasteiger partial charge in [-0.3, -0.25) is 4.79 Å². The quantitative estimate of drug-likeness (QED) is 0.708. The van der Waals surface area contributed by atoms with Crippen LogP contribution < -0.4 is 11.1 Å². The second-order valence-corrected chi connectivity index (χ2v) is 6.47. The number of thiazole rings is 1. The van der Waals surface area contributed by atoms with Crippen LogP contribution in [-0.2, 0) is 6.42 Å². The largest absolute Gasteiger partial charge is 0.396 e. The fourth-order valence-corrected chi connectivity index (χ4v) is 3.68. The van der Waals surface area contributed by atoms with Crippen LogP contribution >= 0.6 is 11.3 Å². The lowest BCUT2D eigenvalue weighted by molar-refractivity contribution is 0.0912. The van der Waals surface area contributed by atoms with E-state index >= 15 is 0 Å². The van der Waals surface area contributed by atoms with Crippen LogP contribution in [0.5, 0.6) is 0 Å². The third kappa shape index (κ3) is 3.77. The van der Waals surface area contributed by atoms with Gasteiger partial charge in [0.05, 0.1) is 5.01 Å². The Labute approximate surface area is 123 Å². The first-order chi connectivity index (χ1) is 9.69. The third-order valence-electron chi connectivity index (χ3n) is 4.07. The molecule has 1 fully saturated rings. The Bertz CT molecular complexity index is 441. The van der Waals surface area contributed by atoms with Crippen LogP contribution in [0.1, 0.15) is 47.6 Å². The lowest BCUT2D eigenvalue weighted by Gasteiger charge is -2.28. The summed E-state index contributed by atoms with van der Waals surface area (Å²) >= 11 is 1.48. The van der Waals surface area contributed by atoms with Gasteiger partial charge in [0.15, 0.2) is 0 Å². The molecule has 0 unspecified atom stereocenters. The maximum absolute atomic E-state index is 12.1. The van der Waals surface area contributed by atoms with Crippen molar-refractivity contribution in [3.63, 3.8) is 0 Å². The van der Waals surface area contributed by atoms with Crippen molar-refractivity contribution in [3.05, 3.63) is 16.1 Å². The number of rotatable bonds is 7. The van der Waals surface area contributed by atoms with Gasteiger partial charge in [-0.15, -0.1) is 11.3 Å². The fraction of sp³-hybridized carbons (Fsp3) is 0.714. The molecule has 1 aromatic heterocycles. The molecule has 6 heteroatoms. The number of amides is 1. The van der Waals surface area contributed by atoms with E-state index in [1.54, 1.807) is 5.38 Å². The molecule has 1 aliphatic rings. The van der Waals surface area contributed by atoms with Crippen LogP contribution in [0.15, 0.2) is 5.38 Å². The Balaban J connectivity index is 1.90. The van der Waals surface area contributed by atoms with Crippen LogP contribution in [0, 0.1) is 5.41 Å². The van der Waals surface area contributed by atoms with E-state index in [0.29, 0.717) is 25.2 Å². The predicted octanol–water partition coefficient (Wildman–Crippen LogP) is 1.32. The molecule has 0 saturated heterocycles. The first-order valence-corrected chi connectivity index (χ1v) is 8.11. The normalized spacial score (nSPS) is 17.3. The minimum atomic E-state index is -0.117. The highest BCUT2D eigenvalue weighted by atomic mass is 32.1. The topological polar surface area (TPSA) is 88.2 Å². The van der Waals surface area contributed by atoms with E-state index in [1.807, 2.05) is 0 Å². The Hall–Kier alpha value is -0.980. The number of nitrogens with one attached hydrogen (secondary N) is 1. The Morgan fingerprint density at radius 1 is 1.50 bits per heavy atom. The summed E-state index contributed by atoms with van der Waals surface area (Å²) in [5.74, 6) is -0.117. The molecule has 4 N–H and O–H groups in total. The van der Waals surface area contributed by atoms with Crippen molar-refractivity contribution in [3.8, 4) is 0 Å². The molecular formula is C14H23N3O2S. The maximum Gasteiger partial charge on any atom is 0.270 e. The number of carbonyl (C=O) groups excluding carboxylic acids is 1. The van der Waals surface area contributed by atoms with Gasteiger partial charge in [-0.25, -0.2) is 4.98 Å². The average Bonchev–Trinajstić information content (AvgIpc) is 3.07. The van der Waals surface area contributed by atoms with Crippen molar-refractivity contribution in [1.29, 1.82) is 0 Å². The van der Waals surface area contributed by atoms with E-state index in [1.165, 1.54) is 24.2 Å². The van der Waals surface area contributed by atoms with Gasteiger partial charge < -0.3 is 16.2 Å². The number of nitrogens with zero attached hydrogens (tertiary/aromatic N) is 1. The molecule has 0 aliphatic heterocycles. The number of hydrogen-bond donors (Lipinski definition) is 3. The number of aromatic nitrogens is 1. The van der Waals surface area contributed by atoms with Gasteiger partial charge in [-0.1, -0.05) is 12.8 Å². The van der Waals surface area contributed by atoms with Crippen LogP contribution in [-0.4, -0.2) is 35.7 Å². The molecule has 2 rings (SSSR count). The first kappa shape index (κ1) is 15.4. The van der Waals surface area contributed by atoms with Crippen molar-refractivity contribution in [2.45, 2.75) is 38.5 Å². The van der Waals surface area contributed by atoms with Gasteiger partial charge >= 0.3 is 0 Å². The van der Waals surface area contributed by atoms with E-state index in [-0.39, 0.29) is 17.9 Å². The second-order valence-electron chi connectivity index (χ2n) is 5.53. The zero-order valence-corrected chi connectivity index (χ0v) is 12.5. The number of nitrogens with two attached hydrogens (primary N) is 1. The molecule has 20 heavy (non-hydrogen) atoms. The zero-order chi connectivity index (χ0) is 14.4. The third-order valence-corrected chi connectivity index (χ3v) is 4.98. The molecular weight excluding hydrogens is 274 g/mol. The van der Waals surface area contributed by atoms with Crippen molar-refractivity contribution in [2.75, 3.05) is 19.7 Å². The molecule has 0 aromatic carbocycles. The molecule has 5 nitrogen and oxygen atoms in total. The SMILES string of the molecule is NCCc1nc(C(=O)NCC2(CCO)CCCC2)cs1. The maximum atomic E-state index is 12.1. The van der Waals surface area contributed by atoms with E-state index in [4.69, 9.17) is 5.73 Å². The highest BCUT2D eigenvalue weighted by Gasteiger charge is 2.33. The predicted molar refractivity (Wildman–Crippen MR) is 79.8 cm³/mol. The Kier molecular flexibility index (Phi) is 5.51. The molecule has 1 heterocycles. The molecule has 1 saturated carbocycles. The van der Waals surface area contributed by atoms with Crippen LogP contribution in [0.25, 0.3) is 0 Å². The standard InChI is InChI=1S/C14H23N3O2S/c15-7-3-12-17-11(9-20-12)13(19)16-10-14(6-8-18)4-1-2-5-14/h9,18H,1-8,10,15H2,(H,16,19). The Morgan fingerprint density at radius 3 is 2.90 bits per heavy atom.